The molecule has 0 unspecified atom stereocenters. The first-order chi connectivity index (χ1) is 6.77. The Hall–Kier alpha value is -1.68. The van der Waals surface area contributed by atoms with Crippen LogP contribution in [0, 0.1) is 0 Å². The second-order valence-electron chi connectivity index (χ2n) is 3.14. The Kier molecular flexibility index (Phi) is 2.28. The predicted molar refractivity (Wildman–Crippen MR) is 52.3 cm³/mol. The summed E-state index contributed by atoms with van der Waals surface area (Å²) in [6.07, 6.45) is 3.46. The number of aromatic nitrogens is 2. The van der Waals surface area contributed by atoms with Crippen LogP contribution in [-0.2, 0) is 0 Å². The minimum Gasteiger partial charge on any atom is -0.359 e. The third kappa shape index (κ3) is 1.65. The number of hydrogen-bond donors (Lipinski definition) is 1. The summed E-state index contributed by atoms with van der Waals surface area (Å²) in [5.41, 5.74) is 7.36. The van der Waals surface area contributed by atoms with E-state index in [0.717, 1.165) is 11.3 Å². The van der Waals surface area contributed by atoms with E-state index in [4.69, 9.17) is 10.3 Å². The lowest BCUT2D eigenvalue weighted by Gasteiger charge is -1.94. The fourth-order valence-electron chi connectivity index (χ4n) is 1.15. The van der Waals surface area contributed by atoms with Crippen molar-refractivity contribution >= 4 is 0 Å². The largest absolute Gasteiger partial charge is 0.359 e. The number of nitrogens with zero attached hydrogens (tertiary/aromatic N) is 2. The van der Waals surface area contributed by atoms with Gasteiger partial charge in [-0.3, -0.25) is 4.98 Å². The van der Waals surface area contributed by atoms with Crippen molar-refractivity contribution in [1.29, 1.82) is 0 Å². The van der Waals surface area contributed by atoms with E-state index in [-0.39, 0.29) is 6.04 Å². The SMILES string of the molecule is C[C@H](N)c1cc(-c2cccnc2)no1. The lowest BCUT2D eigenvalue weighted by molar-refractivity contribution is 0.369. The van der Waals surface area contributed by atoms with Crippen LogP contribution < -0.4 is 5.73 Å². The number of pyridine rings is 1. The highest BCUT2D eigenvalue weighted by Gasteiger charge is 2.09. The van der Waals surface area contributed by atoms with Crippen LogP contribution in [-0.4, -0.2) is 10.1 Å². The van der Waals surface area contributed by atoms with E-state index < -0.39 is 0 Å². The third-order valence-corrected chi connectivity index (χ3v) is 1.93. The maximum atomic E-state index is 5.66. The summed E-state index contributed by atoms with van der Waals surface area (Å²) in [4.78, 5) is 4.00. The molecule has 4 nitrogen and oxygen atoms in total. The highest BCUT2D eigenvalue weighted by molar-refractivity contribution is 5.57. The first-order valence-corrected chi connectivity index (χ1v) is 4.40. The van der Waals surface area contributed by atoms with E-state index in [1.807, 2.05) is 25.1 Å². The van der Waals surface area contributed by atoms with Crippen LogP contribution in [0.4, 0.5) is 0 Å². The van der Waals surface area contributed by atoms with Gasteiger partial charge in [0.15, 0.2) is 5.76 Å². The summed E-state index contributed by atoms with van der Waals surface area (Å²) < 4.78 is 5.08. The van der Waals surface area contributed by atoms with Crippen molar-refractivity contribution in [2.45, 2.75) is 13.0 Å². The highest BCUT2D eigenvalue weighted by Crippen LogP contribution is 2.20. The van der Waals surface area contributed by atoms with Gasteiger partial charge < -0.3 is 10.3 Å². The number of rotatable bonds is 2. The molecule has 2 heterocycles. The van der Waals surface area contributed by atoms with Gasteiger partial charge in [-0.2, -0.15) is 0 Å². The maximum Gasteiger partial charge on any atom is 0.153 e. The van der Waals surface area contributed by atoms with Gasteiger partial charge in [-0.05, 0) is 19.1 Å². The topological polar surface area (TPSA) is 64.9 Å². The number of nitrogens with two attached hydrogens (primary N) is 1. The van der Waals surface area contributed by atoms with Crippen LogP contribution in [0.3, 0.4) is 0 Å². The van der Waals surface area contributed by atoms with Gasteiger partial charge in [0.25, 0.3) is 0 Å². The van der Waals surface area contributed by atoms with Gasteiger partial charge in [0, 0.05) is 24.0 Å². The van der Waals surface area contributed by atoms with Gasteiger partial charge in [-0.15, -0.1) is 0 Å². The van der Waals surface area contributed by atoms with Crippen molar-refractivity contribution in [3.8, 4) is 11.3 Å². The van der Waals surface area contributed by atoms with Gasteiger partial charge in [-0.25, -0.2) is 0 Å². The van der Waals surface area contributed by atoms with E-state index in [2.05, 4.69) is 10.1 Å². The average Bonchev–Trinajstić information content (AvgIpc) is 2.68. The average molecular weight is 189 g/mol. The molecule has 0 saturated carbocycles. The normalized spacial score (nSPS) is 12.7. The van der Waals surface area contributed by atoms with E-state index in [1.54, 1.807) is 12.4 Å². The second-order valence-corrected chi connectivity index (χ2v) is 3.14. The zero-order valence-corrected chi connectivity index (χ0v) is 7.84. The molecule has 0 aliphatic rings. The Balaban J connectivity index is 2.34. The van der Waals surface area contributed by atoms with E-state index >= 15 is 0 Å². The molecule has 2 aromatic rings. The van der Waals surface area contributed by atoms with Gasteiger partial charge in [0.1, 0.15) is 5.69 Å². The molecular weight excluding hydrogens is 178 g/mol. The van der Waals surface area contributed by atoms with Crippen LogP contribution in [0.25, 0.3) is 11.3 Å². The van der Waals surface area contributed by atoms with Gasteiger partial charge >= 0.3 is 0 Å². The van der Waals surface area contributed by atoms with Gasteiger partial charge in [-0.1, -0.05) is 5.16 Å². The van der Waals surface area contributed by atoms with E-state index in [1.165, 1.54) is 0 Å². The Labute approximate surface area is 81.7 Å². The van der Waals surface area contributed by atoms with Crippen LogP contribution in [0.5, 0.6) is 0 Å². The fourth-order valence-corrected chi connectivity index (χ4v) is 1.15. The minimum atomic E-state index is -0.132. The fraction of sp³-hybridized carbons (Fsp3) is 0.200. The summed E-state index contributed by atoms with van der Waals surface area (Å²) in [7, 11) is 0. The molecule has 0 bridgehead atoms. The molecule has 4 heteroatoms. The van der Waals surface area contributed by atoms with Crippen molar-refractivity contribution in [3.05, 3.63) is 36.4 Å². The minimum absolute atomic E-state index is 0.132. The summed E-state index contributed by atoms with van der Waals surface area (Å²) in [6.45, 7) is 1.85. The Morgan fingerprint density at radius 3 is 2.93 bits per heavy atom. The van der Waals surface area contributed by atoms with Crippen LogP contribution >= 0.6 is 0 Å². The maximum absolute atomic E-state index is 5.66. The van der Waals surface area contributed by atoms with Crippen LogP contribution in [0.1, 0.15) is 18.7 Å². The summed E-state index contributed by atoms with van der Waals surface area (Å²) in [6, 6.07) is 5.49. The molecule has 2 N–H and O–H groups in total. The molecule has 0 spiro atoms. The molecule has 2 rings (SSSR count). The molecule has 2 aromatic heterocycles. The molecule has 0 fully saturated rings. The second kappa shape index (κ2) is 3.59. The first kappa shape index (κ1) is 8.90. The first-order valence-electron chi connectivity index (χ1n) is 4.40. The molecule has 0 aliphatic heterocycles. The summed E-state index contributed by atoms with van der Waals surface area (Å²) >= 11 is 0. The molecule has 0 aromatic carbocycles. The Morgan fingerprint density at radius 1 is 1.50 bits per heavy atom. The van der Waals surface area contributed by atoms with Gasteiger partial charge in [0.05, 0.1) is 6.04 Å². The smallest absolute Gasteiger partial charge is 0.153 e. The third-order valence-electron chi connectivity index (χ3n) is 1.93. The Morgan fingerprint density at radius 2 is 2.36 bits per heavy atom. The van der Waals surface area contributed by atoms with Crippen LogP contribution in [0.15, 0.2) is 35.1 Å². The zero-order valence-electron chi connectivity index (χ0n) is 7.84. The summed E-state index contributed by atoms with van der Waals surface area (Å²) in [5.74, 6) is 0.684. The monoisotopic (exact) mass is 189 g/mol. The quantitative estimate of drug-likeness (QED) is 0.781. The number of hydrogen-bond acceptors (Lipinski definition) is 4. The molecule has 1 atom stereocenters. The molecule has 0 saturated heterocycles. The molecule has 0 amide bonds. The van der Waals surface area contributed by atoms with Crippen LogP contribution in [0.2, 0.25) is 0 Å². The van der Waals surface area contributed by atoms with E-state index in [0.29, 0.717) is 5.76 Å². The predicted octanol–water partition coefficient (Wildman–Crippen LogP) is 1.76. The van der Waals surface area contributed by atoms with Crippen molar-refractivity contribution in [1.82, 2.24) is 10.1 Å². The molecular formula is C10H11N3O. The lowest BCUT2D eigenvalue weighted by atomic mass is 10.2. The molecule has 0 aliphatic carbocycles. The van der Waals surface area contributed by atoms with Gasteiger partial charge in [0.2, 0.25) is 0 Å². The van der Waals surface area contributed by atoms with Crippen molar-refractivity contribution in [2.24, 2.45) is 5.73 Å². The zero-order chi connectivity index (χ0) is 9.97. The van der Waals surface area contributed by atoms with Crippen molar-refractivity contribution in [2.75, 3.05) is 0 Å². The van der Waals surface area contributed by atoms with E-state index in [9.17, 15) is 0 Å². The lowest BCUT2D eigenvalue weighted by Crippen LogP contribution is -2.02. The highest BCUT2D eigenvalue weighted by atomic mass is 16.5. The van der Waals surface area contributed by atoms with Crippen molar-refractivity contribution in [3.63, 3.8) is 0 Å². The molecule has 14 heavy (non-hydrogen) atoms. The Bertz CT molecular complexity index is 408. The molecule has 72 valence electrons. The standard InChI is InChI=1S/C10H11N3O/c1-7(11)10-5-9(13-14-10)8-3-2-4-12-6-8/h2-7H,11H2,1H3/t7-/m0/s1. The summed E-state index contributed by atoms with van der Waals surface area (Å²) in [5, 5.41) is 3.91. The molecule has 0 radical (unpaired) electrons. The van der Waals surface area contributed by atoms with Crippen molar-refractivity contribution < 1.29 is 4.52 Å².